The van der Waals surface area contributed by atoms with E-state index in [1.807, 2.05) is 24.3 Å². The number of anilines is 1. The van der Waals surface area contributed by atoms with Crippen LogP contribution in [0.5, 0.6) is 0 Å². The van der Waals surface area contributed by atoms with Crippen molar-refractivity contribution in [3.05, 3.63) is 100 Å². The minimum absolute atomic E-state index is 0.101. The molecule has 2 aromatic carbocycles. The molecule has 10 heteroatoms. The zero-order valence-electron chi connectivity index (χ0n) is 21.0. The van der Waals surface area contributed by atoms with Gasteiger partial charge in [0.25, 0.3) is 0 Å². The van der Waals surface area contributed by atoms with Crippen LogP contribution in [0.1, 0.15) is 35.1 Å². The lowest BCUT2D eigenvalue weighted by molar-refractivity contribution is -0.137. The highest BCUT2D eigenvalue weighted by atomic mass is 35.5. The molecule has 5 nitrogen and oxygen atoms in total. The lowest BCUT2D eigenvalue weighted by atomic mass is 9.74. The number of alkyl halides is 3. The van der Waals surface area contributed by atoms with E-state index in [0.717, 1.165) is 11.6 Å². The summed E-state index contributed by atoms with van der Waals surface area (Å²) in [6, 6.07) is 13.4. The van der Waals surface area contributed by atoms with Crippen LogP contribution in [0.25, 0.3) is 6.08 Å². The van der Waals surface area contributed by atoms with Gasteiger partial charge in [0.05, 0.1) is 5.56 Å². The Kier molecular flexibility index (Phi) is 7.64. The van der Waals surface area contributed by atoms with E-state index in [-0.39, 0.29) is 25.7 Å². The molecule has 0 saturated carbocycles. The first-order valence-electron chi connectivity index (χ1n) is 12.7. The van der Waals surface area contributed by atoms with Crippen LogP contribution in [0.2, 0.25) is 5.02 Å². The summed E-state index contributed by atoms with van der Waals surface area (Å²) in [6.07, 6.45) is 1.78. The Labute approximate surface area is 229 Å². The molecule has 2 amide bonds. The number of piperidine rings is 1. The summed E-state index contributed by atoms with van der Waals surface area (Å²) in [5, 5.41) is 3.88. The fourth-order valence-electron chi connectivity index (χ4n) is 5.38. The second-order valence-corrected chi connectivity index (χ2v) is 10.4. The van der Waals surface area contributed by atoms with Crippen LogP contribution in [-0.2, 0) is 18.1 Å². The molecule has 0 atom stereocenters. The average Bonchev–Trinajstić information content (AvgIpc) is 3.21. The van der Waals surface area contributed by atoms with Crippen LogP contribution in [0, 0.1) is 5.95 Å². The van der Waals surface area contributed by atoms with E-state index >= 15 is 0 Å². The molecule has 5 rings (SSSR count). The smallest absolute Gasteiger partial charge is 0.317 e. The third-order valence-corrected chi connectivity index (χ3v) is 7.63. The van der Waals surface area contributed by atoms with Gasteiger partial charge in [0.15, 0.2) is 0 Å². The summed E-state index contributed by atoms with van der Waals surface area (Å²) in [5.74, 6) is -0.656. The number of benzene rings is 2. The van der Waals surface area contributed by atoms with Crippen LogP contribution < -0.4 is 10.2 Å². The maximum absolute atomic E-state index is 14.0. The van der Waals surface area contributed by atoms with Gasteiger partial charge in [0.2, 0.25) is 5.95 Å². The number of urea groups is 1. The Morgan fingerprint density at radius 2 is 1.85 bits per heavy atom. The van der Waals surface area contributed by atoms with Gasteiger partial charge in [-0.3, -0.25) is 4.90 Å². The van der Waals surface area contributed by atoms with Crippen molar-refractivity contribution in [1.29, 1.82) is 0 Å². The number of carbonyl (C=O) groups is 1. The molecule has 1 saturated heterocycles. The van der Waals surface area contributed by atoms with E-state index < -0.39 is 23.1 Å². The highest BCUT2D eigenvalue weighted by Crippen LogP contribution is 2.48. The molecule has 3 aromatic rings. The molecule has 0 radical (unpaired) electrons. The van der Waals surface area contributed by atoms with Crippen LogP contribution in [0.15, 0.2) is 66.9 Å². The molecule has 2 aliphatic rings. The third-order valence-electron chi connectivity index (χ3n) is 7.38. The summed E-state index contributed by atoms with van der Waals surface area (Å²) in [4.78, 5) is 20.8. The number of carbonyl (C=O) groups excluding carboxylic acids is 1. The minimum atomic E-state index is -4.48. The number of hydrogen-bond donors (Lipinski definition) is 1. The second kappa shape index (κ2) is 11.0. The van der Waals surface area contributed by atoms with Crippen LogP contribution in [0.3, 0.4) is 0 Å². The summed E-state index contributed by atoms with van der Waals surface area (Å²) < 4.78 is 54.7. The number of nitrogens with zero attached hydrogens (tertiary/aromatic N) is 3. The number of amides is 2. The first kappa shape index (κ1) is 27.1. The fraction of sp³-hybridized carbons (Fsp3) is 0.310. The van der Waals surface area contributed by atoms with Gasteiger partial charge in [-0.2, -0.15) is 17.6 Å². The minimum Gasteiger partial charge on any atom is -0.317 e. The standard InChI is InChI=1S/C29H27ClF4N4O/c30-23-6-3-20(4-7-23)2-1-15-37(18-21-9-12-36-26(31)16-21)27(39)38-19-28(10-13-35-14-11-28)24-17-22(29(32,33)34)5-8-25(24)38/h1-9,12,16-17,35H,10-11,13-15,18-19H2. The van der Waals surface area contributed by atoms with Gasteiger partial charge in [0.1, 0.15) is 0 Å². The predicted octanol–water partition coefficient (Wildman–Crippen LogP) is 6.67. The highest BCUT2D eigenvalue weighted by Gasteiger charge is 2.47. The Bertz CT molecular complexity index is 1370. The molecule has 1 aromatic heterocycles. The SMILES string of the molecule is O=C(N(CC=Cc1ccc(Cl)cc1)Cc1ccnc(F)c1)N1CC2(CCNCC2)c2cc(C(F)(F)F)ccc21. The topological polar surface area (TPSA) is 48.5 Å². The second-order valence-electron chi connectivity index (χ2n) is 9.95. The first-order valence-corrected chi connectivity index (χ1v) is 13.0. The largest absolute Gasteiger partial charge is 0.416 e. The van der Waals surface area contributed by atoms with Crippen molar-refractivity contribution < 1.29 is 22.4 Å². The van der Waals surface area contributed by atoms with Gasteiger partial charge < -0.3 is 10.2 Å². The van der Waals surface area contributed by atoms with E-state index in [2.05, 4.69) is 10.3 Å². The maximum Gasteiger partial charge on any atom is 0.416 e. The number of rotatable bonds is 5. The molecule has 1 N–H and O–H groups in total. The Balaban J connectivity index is 1.47. The molecule has 1 spiro atoms. The maximum atomic E-state index is 14.0. The normalized spacial score (nSPS) is 16.6. The third kappa shape index (κ3) is 5.94. The molecule has 0 bridgehead atoms. The van der Waals surface area contributed by atoms with Gasteiger partial charge in [0, 0.05) is 42.0 Å². The summed E-state index contributed by atoms with van der Waals surface area (Å²) in [7, 11) is 0. The number of hydrogen-bond acceptors (Lipinski definition) is 3. The van der Waals surface area contributed by atoms with Crippen LogP contribution in [0.4, 0.5) is 28.0 Å². The summed E-state index contributed by atoms with van der Waals surface area (Å²) in [5.41, 5.74) is 1.20. The fourth-order valence-corrected chi connectivity index (χ4v) is 5.51. The van der Waals surface area contributed by atoms with E-state index in [1.165, 1.54) is 24.4 Å². The van der Waals surface area contributed by atoms with Gasteiger partial charge in [-0.15, -0.1) is 0 Å². The highest BCUT2D eigenvalue weighted by molar-refractivity contribution is 6.30. The van der Waals surface area contributed by atoms with Gasteiger partial charge in [-0.05, 0) is 85.1 Å². The van der Waals surface area contributed by atoms with Crippen molar-refractivity contribution in [3.63, 3.8) is 0 Å². The number of fused-ring (bicyclic) bond motifs is 2. The van der Waals surface area contributed by atoms with Crippen LogP contribution in [-0.4, -0.2) is 42.1 Å². The van der Waals surface area contributed by atoms with Crippen molar-refractivity contribution in [3.8, 4) is 0 Å². The van der Waals surface area contributed by atoms with Crippen molar-refractivity contribution in [1.82, 2.24) is 15.2 Å². The number of halogens is 5. The monoisotopic (exact) mass is 558 g/mol. The molecular weight excluding hydrogens is 532 g/mol. The molecule has 1 fully saturated rings. The summed E-state index contributed by atoms with van der Waals surface area (Å²) in [6.45, 7) is 1.89. The van der Waals surface area contributed by atoms with E-state index in [0.29, 0.717) is 47.8 Å². The lowest BCUT2D eigenvalue weighted by Crippen LogP contribution is -2.47. The molecule has 204 valence electrons. The van der Waals surface area contributed by atoms with E-state index in [4.69, 9.17) is 11.6 Å². The summed E-state index contributed by atoms with van der Waals surface area (Å²) >= 11 is 5.97. The van der Waals surface area contributed by atoms with Crippen molar-refractivity contribution in [2.24, 2.45) is 0 Å². The van der Waals surface area contributed by atoms with Gasteiger partial charge >= 0.3 is 12.2 Å². The molecule has 2 aliphatic heterocycles. The number of aromatic nitrogens is 1. The Hall–Kier alpha value is -3.43. The lowest BCUT2D eigenvalue weighted by Gasteiger charge is -2.35. The average molecular weight is 559 g/mol. The van der Waals surface area contributed by atoms with Crippen molar-refractivity contribution in [2.45, 2.75) is 31.0 Å². The van der Waals surface area contributed by atoms with Crippen molar-refractivity contribution in [2.75, 3.05) is 31.1 Å². The molecule has 3 heterocycles. The van der Waals surface area contributed by atoms with E-state index in [1.54, 1.807) is 28.0 Å². The van der Waals surface area contributed by atoms with Crippen molar-refractivity contribution >= 4 is 29.4 Å². The number of nitrogens with one attached hydrogen (secondary N) is 1. The number of pyridine rings is 1. The molecule has 0 unspecified atom stereocenters. The van der Waals surface area contributed by atoms with Gasteiger partial charge in [-0.1, -0.05) is 35.9 Å². The molecule has 0 aliphatic carbocycles. The molecular formula is C29H27ClF4N4O. The first-order chi connectivity index (χ1) is 18.6. The molecule has 39 heavy (non-hydrogen) atoms. The zero-order chi connectivity index (χ0) is 27.6. The van der Waals surface area contributed by atoms with Crippen LogP contribution >= 0.6 is 11.6 Å². The predicted molar refractivity (Wildman–Crippen MR) is 143 cm³/mol. The van der Waals surface area contributed by atoms with Gasteiger partial charge in [-0.25, -0.2) is 9.78 Å². The Morgan fingerprint density at radius 1 is 1.10 bits per heavy atom. The zero-order valence-corrected chi connectivity index (χ0v) is 21.8. The van der Waals surface area contributed by atoms with E-state index in [9.17, 15) is 22.4 Å². The quantitative estimate of drug-likeness (QED) is 0.281. The Morgan fingerprint density at radius 3 is 2.54 bits per heavy atom.